The Morgan fingerprint density at radius 1 is 0.759 bits per heavy atom. The highest BCUT2D eigenvalue weighted by atomic mass is 32.2. The number of thioether (sulfide) groups is 1. The molecule has 0 aromatic heterocycles. The van der Waals surface area contributed by atoms with E-state index in [0.29, 0.717) is 19.3 Å². The van der Waals surface area contributed by atoms with Gasteiger partial charge in [0, 0.05) is 38.1 Å². The molecule has 24 heteroatoms. The Balaban J connectivity index is 2.50. The molecule has 1 fully saturated rings. The zero-order chi connectivity index (χ0) is 41.1. The van der Waals surface area contributed by atoms with Crippen molar-refractivity contribution in [3.8, 4) is 0 Å². The van der Waals surface area contributed by atoms with Gasteiger partial charge in [-0.2, -0.15) is 0 Å². The predicted octanol–water partition coefficient (Wildman–Crippen LogP) is -3.14. The molecule has 12 N–H and O–H groups in total. The number of nitrogens with one attached hydrogen (secondary N) is 5. The summed E-state index contributed by atoms with van der Waals surface area (Å²) in [5.41, 5.74) is 5.77. The zero-order valence-electron chi connectivity index (χ0n) is 29.1. The fraction of sp³-hybridized carbons (Fsp3) is 0.633. The molecule has 0 aromatic rings. The van der Waals surface area contributed by atoms with E-state index in [-0.39, 0.29) is 38.1 Å². The quantitative estimate of drug-likeness (QED) is 0.0304. The molecular formula is C30H45N7O16S. The van der Waals surface area contributed by atoms with Crippen LogP contribution in [0.2, 0.25) is 0 Å². The molecule has 0 spiro atoms. The Morgan fingerprint density at radius 3 is 1.91 bits per heavy atom. The Hall–Kier alpha value is -5.52. The highest BCUT2D eigenvalue weighted by Crippen LogP contribution is 2.26. The molecule has 7 amide bonds. The van der Waals surface area contributed by atoms with E-state index in [1.54, 1.807) is 0 Å². The number of amides is 7. The lowest BCUT2D eigenvalue weighted by atomic mass is 10.1. The number of rotatable bonds is 26. The second-order valence-corrected chi connectivity index (χ2v) is 13.2. The van der Waals surface area contributed by atoms with Crippen LogP contribution >= 0.6 is 11.8 Å². The molecule has 1 rings (SSSR count). The first-order chi connectivity index (χ1) is 25.3. The molecule has 1 unspecified atom stereocenters. The standard InChI is InChI=1S/C30H45N7O16S/c1-2-15(27(47)48)33-25(45)17(10-23(42)43)34-24(44)14(31)12-32-20(38)6-4-3-5-9-37-21(39)11-19(26(37)46)54-13-18(29(51)52)36-30(53)35-16(28(49)50)7-8-22(40)41/h14-19H,2-13,31H2,1H3,(H,32,38)(H,33,45)(H,34,44)(H,40,41)(H,42,43)(H,47,48)(H,49,50)(H,51,52)(H2,35,36,53)/t14-,15-,16-,17-,18-,19?/m0/s1. The van der Waals surface area contributed by atoms with Crippen LogP contribution < -0.4 is 32.3 Å². The third-order valence-corrected chi connectivity index (χ3v) is 8.99. The van der Waals surface area contributed by atoms with Gasteiger partial charge in [0.15, 0.2) is 0 Å². The number of carboxylic acids is 5. The Bertz CT molecular complexity index is 1450. The van der Waals surface area contributed by atoms with Gasteiger partial charge in [-0.1, -0.05) is 13.3 Å². The molecule has 0 saturated carbocycles. The molecule has 1 saturated heterocycles. The smallest absolute Gasteiger partial charge is 0.327 e. The predicted molar refractivity (Wildman–Crippen MR) is 182 cm³/mol. The van der Waals surface area contributed by atoms with Crippen molar-refractivity contribution in [2.45, 2.75) is 100 Å². The van der Waals surface area contributed by atoms with Gasteiger partial charge in [-0.25, -0.2) is 19.2 Å². The number of carbonyl (C=O) groups is 11. The summed E-state index contributed by atoms with van der Waals surface area (Å²) in [6.07, 6.45) is -1.15. The van der Waals surface area contributed by atoms with Crippen molar-refractivity contribution in [2.24, 2.45) is 5.73 Å². The van der Waals surface area contributed by atoms with E-state index in [1.165, 1.54) is 6.92 Å². The summed E-state index contributed by atoms with van der Waals surface area (Å²) in [4.78, 5) is 132. The Kier molecular flexibility index (Phi) is 20.0. The molecule has 54 heavy (non-hydrogen) atoms. The number of likely N-dealkylation sites (tertiary alicyclic amines) is 1. The van der Waals surface area contributed by atoms with Crippen molar-refractivity contribution in [1.82, 2.24) is 31.5 Å². The summed E-state index contributed by atoms with van der Waals surface area (Å²) in [5, 5.41) is 55.3. The van der Waals surface area contributed by atoms with Crippen molar-refractivity contribution in [2.75, 3.05) is 18.8 Å². The topological polar surface area (TPSA) is 378 Å². The maximum absolute atomic E-state index is 12.8. The molecule has 23 nitrogen and oxygen atoms in total. The Morgan fingerprint density at radius 2 is 1.35 bits per heavy atom. The van der Waals surface area contributed by atoms with Gasteiger partial charge in [0.05, 0.1) is 11.7 Å². The Labute approximate surface area is 311 Å². The summed E-state index contributed by atoms with van der Waals surface area (Å²) < 4.78 is 0. The van der Waals surface area contributed by atoms with Gasteiger partial charge in [0.1, 0.15) is 30.2 Å². The SMILES string of the molecule is CC[C@H](NC(=O)[C@H](CC(=O)O)NC(=O)[C@@H](N)CNC(=O)CCCCCN1C(=O)CC(SC[C@H](NC(=O)N[C@@H](CCC(=O)O)C(=O)O)C(=O)O)C1=O)C(=O)O. The van der Waals surface area contributed by atoms with Gasteiger partial charge < -0.3 is 57.9 Å². The summed E-state index contributed by atoms with van der Waals surface area (Å²) in [6, 6.07) is -8.72. The van der Waals surface area contributed by atoms with E-state index in [0.717, 1.165) is 16.7 Å². The number of nitrogens with zero attached hydrogens (tertiary/aromatic N) is 1. The molecule has 1 aliphatic rings. The summed E-state index contributed by atoms with van der Waals surface area (Å²) in [6.45, 7) is 1.10. The van der Waals surface area contributed by atoms with Gasteiger partial charge in [-0.05, 0) is 25.7 Å². The lowest BCUT2D eigenvalue weighted by molar-refractivity contribution is -0.144. The first-order valence-electron chi connectivity index (χ1n) is 16.5. The largest absolute Gasteiger partial charge is 0.481 e. The molecule has 0 bridgehead atoms. The van der Waals surface area contributed by atoms with Crippen LogP contribution in [0.25, 0.3) is 0 Å². The number of carbonyl (C=O) groups excluding carboxylic acids is 6. The molecule has 0 aromatic carbocycles. The summed E-state index contributed by atoms with van der Waals surface area (Å²) in [5.74, 6) is -11.1. The average molecular weight is 792 g/mol. The molecule has 0 aliphatic carbocycles. The lowest BCUT2D eigenvalue weighted by Crippen LogP contribution is -2.56. The van der Waals surface area contributed by atoms with E-state index in [1.807, 2.05) is 5.32 Å². The number of hydrogen-bond donors (Lipinski definition) is 11. The number of carboxylic acid groups (broad SMARTS) is 5. The van der Waals surface area contributed by atoms with Gasteiger partial charge in [-0.3, -0.25) is 38.5 Å². The van der Waals surface area contributed by atoms with Crippen LogP contribution in [0.5, 0.6) is 0 Å². The minimum Gasteiger partial charge on any atom is -0.481 e. The number of aliphatic carboxylic acids is 5. The highest BCUT2D eigenvalue weighted by Gasteiger charge is 2.39. The second-order valence-electron chi connectivity index (χ2n) is 11.9. The minimum atomic E-state index is -1.63. The van der Waals surface area contributed by atoms with E-state index in [9.17, 15) is 57.8 Å². The van der Waals surface area contributed by atoms with Crippen LogP contribution in [-0.4, -0.2) is 150 Å². The van der Waals surface area contributed by atoms with Crippen LogP contribution in [0.3, 0.4) is 0 Å². The molecule has 0 radical (unpaired) electrons. The third-order valence-electron chi connectivity index (χ3n) is 7.70. The van der Waals surface area contributed by atoms with E-state index < -0.39 is 120 Å². The normalized spacial score (nSPS) is 16.6. The molecule has 302 valence electrons. The number of urea groups is 1. The van der Waals surface area contributed by atoms with Crippen LogP contribution in [0.15, 0.2) is 0 Å². The van der Waals surface area contributed by atoms with Crippen molar-refractivity contribution in [3.05, 3.63) is 0 Å². The number of hydrogen-bond acceptors (Lipinski definition) is 13. The van der Waals surface area contributed by atoms with Gasteiger partial charge >= 0.3 is 35.9 Å². The maximum atomic E-state index is 12.8. The third kappa shape index (κ3) is 16.9. The first-order valence-corrected chi connectivity index (χ1v) is 17.6. The van der Waals surface area contributed by atoms with Crippen molar-refractivity contribution >= 4 is 77.2 Å². The monoisotopic (exact) mass is 791 g/mol. The fourth-order valence-electron chi connectivity index (χ4n) is 4.70. The zero-order valence-corrected chi connectivity index (χ0v) is 29.9. The van der Waals surface area contributed by atoms with Crippen LogP contribution in [-0.2, 0) is 47.9 Å². The lowest BCUT2D eigenvalue weighted by Gasteiger charge is -2.21. The molecular weight excluding hydrogens is 746 g/mol. The van der Waals surface area contributed by atoms with Gasteiger partial charge in [0.25, 0.3) is 0 Å². The second kappa shape index (κ2) is 23.2. The fourth-order valence-corrected chi connectivity index (χ4v) is 5.88. The summed E-state index contributed by atoms with van der Waals surface area (Å²) >= 11 is 0.797. The van der Waals surface area contributed by atoms with Crippen LogP contribution in [0.4, 0.5) is 4.79 Å². The average Bonchev–Trinajstić information content (AvgIpc) is 3.35. The van der Waals surface area contributed by atoms with Crippen LogP contribution in [0, 0.1) is 0 Å². The highest BCUT2D eigenvalue weighted by molar-refractivity contribution is 8.00. The van der Waals surface area contributed by atoms with Crippen LogP contribution in [0.1, 0.15) is 64.7 Å². The molecule has 1 aliphatic heterocycles. The minimum absolute atomic E-state index is 0.00387. The van der Waals surface area contributed by atoms with E-state index in [4.69, 9.17) is 26.2 Å². The number of imide groups is 1. The van der Waals surface area contributed by atoms with Crippen molar-refractivity contribution in [3.63, 3.8) is 0 Å². The van der Waals surface area contributed by atoms with E-state index in [2.05, 4.69) is 21.3 Å². The molecule has 6 atom stereocenters. The summed E-state index contributed by atoms with van der Waals surface area (Å²) in [7, 11) is 0. The van der Waals surface area contributed by atoms with Crippen molar-refractivity contribution < 1.29 is 78.3 Å². The first kappa shape index (κ1) is 46.5. The van der Waals surface area contributed by atoms with E-state index >= 15 is 0 Å². The van der Waals surface area contributed by atoms with Crippen molar-refractivity contribution in [1.29, 1.82) is 0 Å². The maximum Gasteiger partial charge on any atom is 0.327 e. The van der Waals surface area contributed by atoms with Gasteiger partial charge in [-0.15, -0.1) is 11.8 Å². The van der Waals surface area contributed by atoms with Gasteiger partial charge in [0.2, 0.25) is 29.5 Å². The number of unbranched alkanes of at least 4 members (excludes halogenated alkanes) is 2. The molecule has 1 heterocycles. The number of nitrogens with two attached hydrogens (primary N) is 1.